The van der Waals surface area contributed by atoms with Crippen molar-refractivity contribution < 1.29 is 19.2 Å². The van der Waals surface area contributed by atoms with Gasteiger partial charge in [-0.2, -0.15) is 5.10 Å². The van der Waals surface area contributed by atoms with Gasteiger partial charge in [0.2, 0.25) is 0 Å². The van der Waals surface area contributed by atoms with Gasteiger partial charge in [0.25, 0.3) is 0 Å². The van der Waals surface area contributed by atoms with Crippen LogP contribution in [0.1, 0.15) is 18.4 Å². The number of aryl methyl sites for hydroxylation is 1. The molecule has 3 N–H and O–H groups in total. The van der Waals surface area contributed by atoms with E-state index in [1.54, 1.807) is 12.1 Å². The largest absolute Gasteiger partial charge is 0.495 e. The molecule has 1 aliphatic rings. The van der Waals surface area contributed by atoms with Crippen molar-refractivity contribution in [2.24, 2.45) is 5.10 Å². The van der Waals surface area contributed by atoms with Crippen LogP contribution in [0, 0.1) is 6.92 Å². The van der Waals surface area contributed by atoms with E-state index in [1.165, 1.54) is 12.0 Å². The van der Waals surface area contributed by atoms with Gasteiger partial charge < -0.3 is 15.0 Å². The fourth-order valence-corrected chi connectivity index (χ4v) is 2.36. The van der Waals surface area contributed by atoms with Crippen LogP contribution in [-0.4, -0.2) is 44.8 Å². The van der Waals surface area contributed by atoms with Crippen LogP contribution < -0.4 is 20.4 Å². The normalized spacial score (nSPS) is 17.3. The monoisotopic (exact) mass is 319 g/mol. The number of hydrazone groups is 1. The number of quaternary nitrogens is 1. The van der Waals surface area contributed by atoms with E-state index >= 15 is 0 Å². The first-order chi connectivity index (χ1) is 11.0. The number of hydrogen-bond donors (Lipinski definition) is 3. The van der Waals surface area contributed by atoms with Crippen LogP contribution in [0.15, 0.2) is 23.3 Å². The standard InChI is InChI=1S/C16H22N4O3/c1-11-4-5-14(23-3)13(10-11)17-15(21)16(22)19-18-12-6-8-20(2)9-7-12/h4-5,10H,6-9H2,1-3H3,(H,17,21)(H,19,22)/p+1. The lowest BCUT2D eigenvalue weighted by Crippen LogP contribution is -3.10. The van der Waals surface area contributed by atoms with Crippen molar-refractivity contribution in [3.05, 3.63) is 23.8 Å². The second-order valence-electron chi connectivity index (χ2n) is 5.73. The van der Waals surface area contributed by atoms with Crippen molar-refractivity contribution >= 4 is 23.2 Å². The fraction of sp³-hybridized carbons (Fsp3) is 0.438. The molecule has 23 heavy (non-hydrogen) atoms. The number of nitrogens with one attached hydrogen (secondary N) is 3. The molecular weight excluding hydrogens is 296 g/mol. The smallest absolute Gasteiger partial charge is 0.329 e. The third-order valence-corrected chi connectivity index (χ3v) is 3.81. The average Bonchev–Trinajstić information content (AvgIpc) is 2.54. The van der Waals surface area contributed by atoms with Gasteiger partial charge in [-0.3, -0.25) is 9.59 Å². The van der Waals surface area contributed by atoms with Gasteiger partial charge in [0.1, 0.15) is 5.75 Å². The summed E-state index contributed by atoms with van der Waals surface area (Å²) in [4.78, 5) is 25.3. The molecule has 0 unspecified atom stereocenters. The second kappa shape index (κ2) is 7.73. The van der Waals surface area contributed by atoms with Crippen molar-refractivity contribution in [2.45, 2.75) is 19.8 Å². The zero-order valence-corrected chi connectivity index (χ0v) is 13.7. The van der Waals surface area contributed by atoms with Crippen LogP contribution in [0.3, 0.4) is 0 Å². The van der Waals surface area contributed by atoms with E-state index in [1.807, 2.05) is 13.0 Å². The topological polar surface area (TPSA) is 84.2 Å². The van der Waals surface area contributed by atoms with E-state index in [0.717, 1.165) is 37.2 Å². The number of rotatable bonds is 3. The summed E-state index contributed by atoms with van der Waals surface area (Å²) in [5.74, 6) is -1.05. The maximum atomic E-state index is 12.0. The Hall–Kier alpha value is -2.41. The van der Waals surface area contributed by atoms with Gasteiger partial charge in [-0.15, -0.1) is 0 Å². The Morgan fingerprint density at radius 3 is 2.57 bits per heavy atom. The van der Waals surface area contributed by atoms with Gasteiger partial charge in [0, 0.05) is 18.6 Å². The predicted octanol–water partition coefficient (Wildman–Crippen LogP) is -0.277. The minimum absolute atomic E-state index is 0.461. The number of piperidine rings is 1. The second-order valence-corrected chi connectivity index (χ2v) is 5.73. The van der Waals surface area contributed by atoms with Crippen LogP contribution >= 0.6 is 0 Å². The highest BCUT2D eigenvalue weighted by Gasteiger charge is 2.18. The van der Waals surface area contributed by atoms with Crippen molar-refractivity contribution in [1.82, 2.24) is 5.43 Å². The number of anilines is 1. The number of amides is 2. The molecule has 7 heteroatoms. The molecule has 0 atom stereocenters. The SMILES string of the molecule is COc1ccc(C)cc1NC(=O)C(=O)NN=C1CC[NH+](C)CC1. The number of nitrogens with zero attached hydrogens (tertiary/aromatic N) is 1. The summed E-state index contributed by atoms with van der Waals surface area (Å²) in [6.07, 6.45) is 1.67. The number of benzene rings is 1. The minimum Gasteiger partial charge on any atom is -0.495 e. The van der Waals surface area contributed by atoms with E-state index in [2.05, 4.69) is 22.9 Å². The Bertz CT molecular complexity index is 618. The molecule has 0 spiro atoms. The van der Waals surface area contributed by atoms with E-state index < -0.39 is 11.8 Å². The number of carbonyl (C=O) groups excluding carboxylic acids is 2. The van der Waals surface area contributed by atoms with E-state index in [9.17, 15) is 9.59 Å². The summed E-state index contributed by atoms with van der Waals surface area (Å²) < 4.78 is 5.17. The summed E-state index contributed by atoms with van der Waals surface area (Å²) in [5.41, 5.74) is 4.66. The third-order valence-electron chi connectivity index (χ3n) is 3.81. The zero-order valence-electron chi connectivity index (χ0n) is 13.7. The molecule has 1 fully saturated rings. The van der Waals surface area contributed by atoms with Gasteiger partial charge in [-0.1, -0.05) is 6.07 Å². The average molecular weight is 319 g/mol. The number of likely N-dealkylation sites (tertiary alicyclic amines) is 1. The zero-order chi connectivity index (χ0) is 16.8. The first-order valence-electron chi connectivity index (χ1n) is 7.62. The molecule has 0 bridgehead atoms. The molecule has 1 saturated heterocycles. The van der Waals surface area contributed by atoms with Gasteiger partial charge in [-0.05, 0) is 24.6 Å². The van der Waals surface area contributed by atoms with Crippen LogP contribution in [0.4, 0.5) is 5.69 Å². The maximum Gasteiger partial charge on any atom is 0.329 e. The molecule has 124 valence electrons. The molecule has 1 heterocycles. The number of ether oxygens (including phenoxy) is 1. The molecule has 7 nitrogen and oxygen atoms in total. The summed E-state index contributed by atoms with van der Waals surface area (Å²) >= 11 is 0. The Morgan fingerprint density at radius 1 is 1.22 bits per heavy atom. The molecule has 0 saturated carbocycles. The third kappa shape index (κ3) is 4.79. The molecule has 2 rings (SSSR count). The quantitative estimate of drug-likeness (QED) is 0.529. The molecule has 1 aromatic rings. The van der Waals surface area contributed by atoms with Gasteiger partial charge in [0.15, 0.2) is 0 Å². The number of carbonyl (C=O) groups is 2. The molecule has 1 aliphatic heterocycles. The van der Waals surface area contributed by atoms with Gasteiger partial charge in [-0.25, -0.2) is 5.43 Å². The lowest BCUT2D eigenvalue weighted by atomic mass is 10.1. The van der Waals surface area contributed by atoms with Gasteiger partial charge >= 0.3 is 11.8 Å². The molecule has 0 aromatic heterocycles. The lowest BCUT2D eigenvalue weighted by Gasteiger charge is -2.20. The molecule has 2 amide bonds. The summed E-state index contributed by atoms with van der Waals surface area (Å²) in [5, 5.41) is 6.60. The molecular formula is C16H23N4O3+. The lowest BCUT2D eigenvalue weighted by molar-refractivity contribution is -0.880. The summed E-state index contributed by atoms with van der Waals surface area (Å²) in [6, 6.07) is 5.35. The van der Waals surface area contributed by atoms with Crippen LogP contribution in [-0.2, 0) is 9.59 Å². The summed E-state index contributed by atoms with van der Waals surface area (Å²) in [6.45, 7) is 3.87. The Morgan fingerprint density at radius 2 is 1.91 bits per heavy atom. The first kappa shape index (κ1) is 17.0. The van der Waals surface area contributed by atoms with E-state index in [0.29, 0.717) is 11.4 Å². The van der Waals surface area contributed by atoms with Crippen LogP contribution in [0.5, 0.6) is 5.75 Å². The van der Waals surface area contributed by atoms with E-state index in [-0.39, 0.29) is 0 Å². The highest BCUT2D eigenvalue weighted by atomic mass is 16.5. The molecule has 1 aromatic carbocycles. The van der Waals surface area contributed by atoms with Gasteiger partial charge in [0.05, 0.1) is 32.9 Å². The van der Waals surface area contributed by atoms with Crippen LogP contribution in [0.2, 0.25) is 0 Å². The predicted molar refractivity (Wildman–Crippen MR) is 87.8 cm³/mol. The van der Waals surface area contributed by atoms with Crippen molar-refractivity contribution in [3.63, 3.8) is 0 Å². The molecule has 0 radical (unpaired) electrons. The number of hydrogen-bond acceptors (Lipinski definition) is 4. The van der Waals surface area contributed by atoms with Crippen LogP contribution in [0.25, 0.3) is 0 Å². The Kier molecular flexibility index (Phi) is 5.70. The summed E-state index contributed by atoms with van der Waals surface area (Å²) in [7, 11) is 3.63. The number of methoxy groups -OCH3 is 1. The highest BCUT2D eigenvalue weighted by Crippen LogP contribution is 2.24. The van der Waals surface area contributed by atoms with E-state index in [4.69, 9.17) is 4.74 Å². The Labute approximate surface area is 135 Å². The van der Waals surface area contributed by atoms with Crippen molar-refractivity contribution in [3.8, 4) is 5.75 Å². The maximum absolute atomic E-state index is 12.0. The van der Waals surface area contributed by atoms with Crippen molar-refractivity contribution in [1.29, 1.82) is 0 Å². The minimum atomic E-state index is -0.785. The Balaban J connectivity index is 1.94. The first-order valence-corrected chi connectivity index (χ1v) is 7.62. The fourth-order valence-electron chi connectivity index (χ4n) is 2.36. The molecule has 0 aliphatic carbocycles. The van der Waals surface area contributed by atoms with Crippen molar-refractivity contribution in [2.75, 3.05) is 32.6 Å². The highest BCUT2D eigenvalue weighted by molar-refractivity contribution is 6.39.